The molecule has 0 aliphatic carbocycles. The van der Waals surface area contributed by atoms with Crippen LogP contribution in [0.25, 0.3) is 0 Å². The van der Waals surface area contributed by atoms with Gasteiger partial charge in [0, 0.05) is 30.3 Å². The van der Waals surface area contributed by atoms with Gasteiger partial charge in [-0.25, -0.2) is 13.2 Å². The van der Waals surface area contributed by atoms with Crippen molar-refractivity contribution < 1.29 is 27.8 Å². The quantitative estimate of drug-likeness (QED) is 0.914. The number of nitrogens with one attached hydrogen (secondary N) is 1. The molecule has 3 rings (SSSR count). The molecule has 1 aliphatic heterocycles. The first-order valence-corrected chi connectivity index (χ1v) is 6.04. The monoisotopic (exact) mass is 297 g/mol. The van der Waals surface area contributed by atoms with Crippen LogP contribution in [0, 0.1) is 17.5 Å². The van der Waals surface area contributed by atoms with Gasteiger partial charge in [0.1, 0.15) is 17.3 Å². The Morgan fingerprint density at radius 1 is 1.00 bits per heavy atom. The fourth-order valence-electron chi connectivity index (χ4n) is 2.01. The highest BCUT2D eigenvalue weighted by molar-refractivity contribution is 5.53. The molecule has 7 heteroatoms. The van der Waals surface area contributed by atoms with Crippen molar-refractivity contribution in [2.75, 3.05) is 12.1 Å². The van der Waals surface area contributed by atoms with Crippen LogP contribution in [0.4, 0.5) is 18.9 Å². The summed E-state index contributed by atoms with van der Waals surface area (Å²) in [6, 6.07) is 4.01. The van der Waals surface area contributed by atoms with Crippen LogP contribution < -0.4 is 14.8 Å². The van der Waals surface area contributed by atoms with Gasteiger partial charge in [0.2, 0.25) is 6.79 Å². The van der Waals surface area contributed by atoms with Gasteiger partial charge in [-0.2, -0.15) is 0 Å². The number of hydrogen-bond acceptors (Lipinski definition) is 4. The number of aromatic hydroxyl groups is 1. The maximum absolute atomic E-state index is 13.5. The third-order valence-electron chi connectivity index (χ3n) is 3.04. The number of anilines is 1. The highest BCUT2D eigenvalue weighted by Gasteiger charge is 2.18. The molecule has 1 heterocycles. The number of ether oxygens (including phenoxy) is 2. The van der Waals surface area contributed by atoms with E-state index in [1.54, 1.807) is 0 Å². The van der Waals surface area contributed by atoms with Crippen LogP contribution in [0.15, 0.2) is 24.3 Å². The smallest absolute Gasteiger partial charge is 0.231 e. The standard InChI is InChI=1S/C14H10F3NO3/c15-8-2-9(16)14(10(17)3-8)18-5-7-1-12-13(4-11(7)19)21-6-20-12/h1-4,18-19H,5-6H2. The second kappa shape index (κ2) is 5.08. The molecule has 0 unspecified atom stereocenters. The van der Waals surface area contributed by atoms with Crippen molar-refractivity contribution in [1.29, 1.82) is 0 Å². The number of rotatable bonds is 3. The Morgan fingerprint density at radius 3 is 2.29 bits per heavy atom. The first-order valence-electron chi connectivity index (χ1n) is 6.04. The first kappa shape index (κ1) is 13.4. The molecule has 2 N–H and O–H groups in total. The maximum atomic E-state index is 13.5. The zero-order valence-corrected chi connectivity index (χ0v) is 10.6. The summed E-state index contributed by atoms with van der Waals surface area (Å²) in [5.41, 5.74) is -0.101. The van der Waals surface area contributed by atoms with Gasteiger partial charge in [-0.15, -0.1) is 0 Å². The Labute approximate surface area is 117 Å². The van der Waals surface area contributed by atoms with Gasteiger partial charge < -0.3 is 19.9 Å². The van der Waals surface area contributed by atoms with Gasteiger partial charge in [-0.05, 0) is 6.07 Å². The molecule has 0 radical (unpaired) electrons. The van der Waals surface area contributed by atoms with Gasteiger partial charge >= 0.3 is 0 Å². The molecule has 2 aromatic carbocycles. The molecule has 0 saturated carbocycles. The van der Waals surface area contributed by atoms with Crippen molar-refractivity contribution in [3.63, 3.8) is 0 Å². The lowest BCUT2D eigenvalue weighted by molar-refractivity contribution is 0.174. The molecule has 4 nitrogen and oxygen atoms in total. The molecule has 2 aromatic rings. The van der Waals surface area contributed by atoms with Crippen LogP contribution in [0.3, 0.4) is 0 Å². The van der Waals surface area contributed by atoms with E-state index in [2.05, 4.69) is 5.32 Å². The Bertz CT molecular complexity index is 683. The summed E-state index contributed by atoms with van der Waals surface area (Å²) in [6.45, 7) is -0.0190. The molecule has 0 fully saturated rings. The number of phenols is 1. The van der Waals surface area contributed by atoms with E-state index in [-0.39, 0.29) is 19.1 Å². The van der Waals surface area contributed by atoms with Gasteiger partial charge in [0.05, 0.1) is 0 Å². The number of benzene rings is 2. The summed E-state index contributed by atoms with van der Waals surface area (Å²) in [4.78, 5) is 0. The van der Waals surface area contributed by atoms with Crippen LogP contribution >= 0.6 is 0 Å². The van der Waals surface area contributed by atoms with Crippen molar-refractivity contribution in [3.8, 4) is 17.2 Å². The highest BCUT2D eigenvalue weighted by atomic mass is 19.1. The number of halogens is 3. The van der Waals surface area contributed by atoms with Crippen molar-refractivity contribution in [2.45, 2.75) is 6.54 Å². The van der Waals surface area contributed by atoms with E-state index in [1.165, 1.54) is 12.1 Å². The summed E-state index contributed by atoms with van der Waals surface area (Å²) in [5.74, 6) is -2.36. The Hall–Kier alpha value is -2.57. The second-order valence-corrected chi connectivity index (χ2v) is 4.43. The Kier molecular flexibility index (Phi) is 3.25. The predicted molar refractivity (Wildman–Crippen MR) is 67.9 cm³/mol. The summed E-state index contributed by atoms with van der Waals surface area (Å²) >= 11 is 0. The van der Waals surface area contributed by atoms with Crippen LogP contribution in [-0.4, -0.2) is 11.9 Å². The zero-order valence-electron chi connectivity index (χ0n) is 10.6. The third kappa shape index (κ3) is 2.54. The molecule has 0 aromatic heterocycles. The zero-order chi connectivity index (χ0) is 15.0. The molecule has 0 atom stereocenters. The average molecular weight is 297 g/mol. The molecule has 0 saturated heterocycles. The van der Waals surface area contributed by atoms with Crippen LogP contribution in [0.1, 0.15) is 5.56 Å². The number of phenolic OH excluding ortho intramolecular Hbond substituents is 1. The van der Waals surface area contributed by atoms with Crippen LogP contribution in [0.5, 0.6) is 17.2 Å². The SMILES string of the molecule is Oc1cc2c(cc1CNc1c(F)cc(F)cc1F)OCO2. The minimum Gasteiger partial charge on any atom is -0.507 e. The Morgan fingerprint density at radius 2 is 1.62 bits per heavy atom. The van der Waals surface area contributed by atoms with E-state index in [0.717, 1.165) is 0 Å². The number of fused-ring (bicyclic) bond motifs is 1. The third-order valence-corrected chi connectivity index (χ3v) is 3.04. The molecule has 21 heavy (non-hydrogen) atoms. The molecule has 0 bridgehead atoms. The lowest BCUT2D eigenvalue weighted by Gasteiger charge is -2.11. The van der Waals surface area contributed by atoms with E-state index in [0.29, 0.717) is 29.2 Å². The normalized spacial score (nSPS) is 12.5. The summed E-state index contributed by atoms with van der Waals surface area (Å²) < 4.78 is 50.0. The van der Waals surface area contributed by atoms with Crippen molar-refractivity contribution in [3.05, 3.63) is 47.3 Å². The molecular formula is C14H10F3NO3. The minimum atomic E-state index is -1.05. The lowest BCUT2D eigenvalue weighted by Crippen LogP contribution is -2.05. The molecule has 0 spiro atoms. The van der Waals surface area contributed by atoms with E-state index >= 15 is 0 Å². The first-order chi connectivity index (χ1) is 10.0. The topological polar surface area (TPSA) is 50.7 Å². The second-order valence-electron chi connectivity index (χ2n) is 4.43. The van der Waals surface area contributed by atoms with Crippen molar-refractivity contribution in [2.24, 2.45) is 0 Å². The lowest BCUT2D eigenvalue weighted by atomic mass is 10.1. The van der Waals surface area contributed by atoms with Gasteiger partial charge in [-0.1, -0.05) is 0 Å². The summed E-state index contributed by atoms with van der Waals surface area (Å²) in [5, 5.41) is 12.3. The maximum Gasteiger partial charge on any atom is 0.231 e. The summed E-state index contributed by atoms with van der Waals surface area (Å²) in [6.07, 6.45) is 0. The van der Waals surface area contributed by atoms with Crippen molar-refractivity contribution in [1.82, 2.24) is 0 Å². The predicted octanol–water partition coefficient (Wildman–Crippen LogP) is 3.15. The Balaban J connectivity index is 1.83. The van der Waals surface area contributed by atoms with E-state index < -0.39 is 23.1 Å². The average Bonchev–Trinajstić information content (AvgIpc) is 2.84. The van der Waals surface area contributed by atoms with Crippen molar-refractivity contribution >= 4 is 5.69 Å². The number of hydrogen-bond donors (Lipinski definition) is 2. The van der Waals surface area contributed by atoms with Crippen LogP contribution in [0.2, 0.25) is 0 Å². The molecule has 110 valence electrons. The van der Waals surface area contributed by atoms with E-state index in [4.69, 9.17) is 9.47 Å². The van der Waals surface area contributed by atoms with E-state index in [9.17, 15) is 18.3 Å². The summed E-state index contributed by atoms with van der Waals surface area (Å²) in [7, 11) is 0. The highest BCUT2D eigenvalue weighted by Crippen LogP contribution is 2.37. The molecule has 1 aliphatic rings. The van der Waals surface area contributed by atoms with Gasteiger partial charge in [0.15, 0.2) is 23.1 Å². The molecular weight excluding hydrogens is 287 g/mol. The minimum absolute atomic E-state index is 0.0485. The van der Waals surface area contributed by atoms with Crippen LogP contribution in [-0.2, 0) is 6.54 Å². The fraction of sp³-hybridized carbons (Fsp3) is 0.143. The van der Waals surface area contributed by atoms with Gasteiger partial charge in [0.25, 0.3) is 0 Å². The largest absolute Gasteiger partial charge is 0.507 e. The molecule has 0 amide bonds. The van der Waals surface area contributed by atoms with E-state index in [1.807, 2.05) is 0 Å². The van der Waals surface area contributed by atoms with Gasteiger partial charge in [-0.3, -0.25) is 0 Å². The fourth-order valence-corrected chi connectivity index (χ4v) is 2.01.